The molecule has 2 aromatic heterocycles. The van der Waals surface area contributed by atoms with Gasteiger partial charge in [0.05, 0.1) is 11.4 Å². The summed E-state index contributed by atoms with van der Waals surface area (Å²) in [5.41, 5.74) is 14.7. The van der Waals surface area contributed by atoms with Gasteiger partial charge in [-0.2, -0.15) is 0 Å². The molecule has 0 atom stereocenters. The normalized spacial score (nSPS) is 11.3. The molecule has 5 heteroatoms. The first-order valence-electron chi connectivity index (χ1n) is 24.2. The monoisotopic (exact) mass is 917 g/mol. The second-order valence-electron chi connectivity index (χ2n) is 18.1. The largest absolute Gasteiger partial charge is 0.228 e. The van der Waals surface area contributed by atoms with E-state index in [1.54, 1.807) is 0 Å². The fourth-order valence-electron chi connectivity index (χ4n) is 9.79. The van der Waals surface area contributed by atoms with Crippen LogP contribution < -0.4 is 0 Å². The van der Waals surface area contributed by atoms with Gasteiger partial charge in [-0.05, 0) is 90.0 Å². The molecule has 0 N–H and O–H groups in total. The lowest BCUT2D eigenvalue weighted by Gasteiger charge is -2.13. The Labute approximate surface area is 417 Å². The number of hydrogen-bond acceptors (Lipinski definition) is 5. The number of fused-ring (bicyclic) bond motifs is 3. The molecule has 0 aliphatic carbocycles. The predicted molar refractivity (Wildman–Crippen MR) is 297 cm³/mol. The molecule has 0 radical (unpaired) electrons. The van der Waals surface area contributed by atoms with Crippen molar-refractivity contribution in [2.75, 3.05) is 0 Å². The Morgan fingerprint density at radius 1 is 0.181 bits per heavy atom. The minimum atomic E-state index is 0.635. The molecule has 0 aliphatic heterocycles. The van der Waals surface area contributed by atoms with E-state index in [0.717, 1.165) is 72.4 Å². The van der Waals surface area contributed by atoms with Crippen molar-refractivity contribution in [2.24, 2.45) is 0 Å². The summed E-state index contributed by atoms with van der Waals surface area (Å²) in [7, 11) is 0. The van der Waals surface area contributed by atoms with Gasteiger partial charge in [0.1, 0.15) is 0 Å². The van der Waals surface area contributed by atoms with Crippen molar-refractivity contribution in [1.82, 2.24) is 24.9 Å². The number of rotatable bonds is 9. The number of nitrogens with zero attached hydrogens (tertiary/aromatic N) is 5. The average Bonchev–Trinajstić information content (AvgIpc) is 3.47. The zero-order valence-electron chi connectivity index (χ0n) is 39.1. The molecule has 0 bridgehead atoms. The lowest BCUT2D eigenvalue weighted by molar-refractivity contribution is 1.07. The molecule has 0 saturated heterocycles. The molecular formula is C67H43N5. The molecule has 336 valence electrons. The van der Waals surface area contributed by atoms with E-state index < -0.39 is 0 Å². The van der Waals surface area contributed by atoms with Crippen LogP contribution in [0.15, 0.2) is 261 Å². The van der Waals surface area contributed by atoms with Crippen LogP contribution in [0.5, 0.6) is 0 Å². The number of aromatic nitrogens is 5. The molecule has 0 saturated carbocycles. The Hall–Kier alpha value is -9.71. The molecule has 0 aliphatic rings. The summed E-state index contributed by atoms with van der Waals surface area (Å²) >= 11 is 0. The van der Waals surface area contributed by atoms with Crippen LogP contribution in [0.4, 0.5) is 0 Å². The maximum absolute atomic E-state index is 5.05. The van der Waals surface area contributed by atoms with Crippen molar-refractivity contribution in [3.63, 3.8) is 0 Å². The highest BCUT2D eigenvalue weighted by Crippen LogP contribution is 2.38. The van der Waals surface area contributed by atoms with Crippen LogP contribution in [0, 0.1) is 0 Å². The SMILES string of the molecule is c1ccc(-c2cc(-c3ccccc3)nc(-c3ccc(-c4ccc5c(-c6cccc7cc(-c8ccc(-c9nc(-c%10ccccc%10)nc(-c%10ccc%11ccccc%11c%10)n9)cc8)ccc67)cccc5c4)cc3)n2)cc1. The Balaban J connectivity index is 0.785. The minimum absolute atomic E-state index is 0.635. The third kappa shape index (κ3) is 8.25. The molecule has 13 rings (SSSR count). The molecule has 0 unspecified atom stereocenters. The first-order chi connectivity index (χ1) is 35.6. The van der Waals surface area contributed by atoms with Crippen LogP contribution in [0.2, 0.25) is 0 Å². The topological polar surface area (TPSA) is 64.5 Å². The quantitative estimate of drug-likeness (QED) is 0.144. The first kappa shape index (κ1) is 42.4. The van der Waals surface area contributed by atoms with Gasteiger partial charge in [0, 0.05) is 33.4 Å². The van der Waals surface area contributed by atoms with Gasteiger partial charge in [-0.3, -0.25) is 0 Å². The van der Waals surface area contributed by atoms with E-state index in [-0.39, 0.29) is 0 Å². The van der Waals surface area contributed by atoms with E-state index >= 15 is 0 Å². The maximum Gasteiger partial charge on any atom is 0.164 e. The fourth-order valence-corrected chi connectivity index (χ4v) is 9.79. The van der Waals surface area contributed by atoms with Gasteiger partial charge in [-0.15, -0.1) is 0 Å². The van der Waals surface area contributed by atoms with Gasteiger partial charge >= 0.3 is 0 Å². The first-order valence-corrected chi connectivity index (χ1v) is 24.2. The smallest absolute Gasteiger partial charge is 0.164 e. The maximum atomic E-state index is 5.05. The highest BCUT2D eigenvalue weighted by Gasteiger charge is 2.16. The van der Waals surface area contributed by atoms with E-state index in [0.29, 0.717) is 23.3 Å². The molecule has 0 amide bonds. The van der Waals surface area contributed by atoms with Crippen molar-refractivity contribution in [1.29, 1.82) is 0 Å². The van der Waals surface area contributed by atoms with Crippen LogP contribution in [0.1, 0.15) is 0 Å². The zero-order valence-corrected chi connectivity index (χ0v) is 39.1. The minimum Gasteiger partial charge on any atom is -0.228 e. The van der Waals surface area contributed by atoms with Crippen molar-refractivity contribution in [2.45, 2.75) is 0 Å². The van der Waals surface area contributed by atoms with Crippen LogP contribution >= 0.6 is 0 Å². The number of benzene rings is 11. The van der Waals surface area contributed by atoms with Crippen molar-refractivity contribution in [3.05, 3.63) is 261 Å². The van der Waals surface area contributed by atoms with Crippen LogP contribution in [-0.2, 0) is 0 Å². The second-order valence-corrected chi connectivity index (χ2v) is 18.1. The van der Waals surface area contributed by atoms with Gasteiger partial charge in [0.25, 0.3) is 0 Å². The molecule has 13 aromatic rings. The fraction of sp³-hybridized carbons (Fsp3) is 0. The molecule has 2 heterocycles. The summed E-state index contributed by atoms with van der Waals surface area (Å²) in [5, 5.41) is 7.11. The summed E-state index contributed by atoms with van der Waals surface area (Å²) in [4.78, 5) is 25.1. The molecule has 5 nitrogen and oxygen atoms in total. The Kier molecular flexibility index (Phi) is 10.8. The van der Waals surface area contributed by atoms with Crippen LogP contribution in [0.25, 0.3) is 134 Å². The Bertz CT molecular complexity index is 4060. The molecule has 72 heavy (non-hydrogen) atoms. The van der Waals surface area contributed by atoms with Gasteiger partial charge in [-0.1, -0.05) is 237 Å². The van der Waals surface area contributed by atoms with E-state index in [2.05, 4.69) is 194 Å². The summed E-state index contributed by atoms with van der Waals surface area (Å²) in [5.74, 6) is 2.62. The van der Waals surface area contributed by atoms with Gasteiger partial charge in [-0.25, -0.2) is 24.9 Å². The highest BCUT2D eigenvalue weighted by molar-refractivity contribution is 6.07. The third-order valence-electron chi connectivity index (χ3n) is 13.5. The van der Waals surface area contributed by atoms with E-state index in [1.165, 1.54) is 38.1 Å². The van der Waals surface area contributed by atoms with Crippen LogP contribution in [-0.4, -0.2) is 24.9 Å². The molecule has 0 fully saturated rings. The van der Waals surface area contributed by atoms with E-state index in [1.807, 2.05) is 66.7 Å². The summed E-state index contributed by atoms with van der Waals surface area (Å²) in [6, 6.07) is 91.5. The van der Waals surface area contributed by atoms with Crippen LogP contribution in [0.3, 0.4) is 0 Å². The summed E-state index contributed by atoms with van der Waals surface area (Å²) < 4.78 is 0. The van der Waals surface area contributed by atoms with Crippen molar-refractivity contribution >= 4 is 32.3 Å². The lowest BCUT2D eigenvalue weighted by Crippen LogP contribution is -2.00. The standard InChI is InChI=1S/C67H43N5/c1-4-15-47(16-5-1)62-43-63(48-17-6-2-7-18-48)69-64(68-62)50-31-26-45(27-32-50)53-36-38-58-55(40-53)22-12-24-60(58)61-25-13-23-56-41-54(37-39-59(56)61)46-28-33-51(34-29-46)66-70-65(49-19-8-3-9-20-49)71-67(72-66)57-35-30-44-14-10-11-21-52(44)42-57/h1-43H. The summed E-state index contributed by atoms with van der Waals surface area (Å²) in [6.07, 6.45) is 0. The molecule has 0 spiro atoms. The summed E-state index contributed by atoms with van der Waals surface area (Å²) in [6.45, 7) is 0. The van der Waals surface area contributed by atoms with E-state index in [9.17, 15) is 0 Å². The molecular weight excluding hydrogens is 875 g/mol. The van der Waals surface area contributed by atoms with Gasteiger partial charge in [0.2, 0.25) is 0 Å². The predicted octanol–water partition coefficient (Wildman–Crippen LogP) is 17.1. The highest BCUT2D eigenvalue weighted by atomic mass is 15.0. The van der Waals surface area contributed by atoms with E-state index in [4.69, 9.17) is 24.9 Å². The molecule has 11 aromatic carbocycles. The number of hydrogen-bond donors (Lipinski definition) is 0. The Morgan fingerprint density at radius 3 is 1.03 bits per heavy atom. The average molecular weight is 918 g/mol. The third-order valence-corrected chi connectivity index (χ3v) is 13.5. The van der Waals surface area contributed by atoms with Gasteiger partial charge in [0.15, 0.2) is 23.3 Å². The van der Waals surface area contributed by atoms with Crippen molar-refractivity contribution in [3.8, 4) is 101 Å². The van der Waals surface area contributed by atoms with Gasteiger partial charge < -0.3 is 0 Å². The zero-order chi connectivity index (χ0) is 47.8. The lowest BCUT2D eigenvalue weighted by atomic mass is 9.91. The second kappa shape index (κ2) is 18.3. The van der Waals surface area contributed by atoms with Crippen molar-refractivity contribution < 1.29 is 0 Å². The Morgan fingerprint density at radius 2 is 0.528 bits per heavy atom.